The van der Waals surface area contributed by atoms with Crippen molar-refractivity contribution in [1.82, 2.24) is 4.98 Å². The number of aliphatic hydroxyl groups is 1. The molecule has 20 heavy (non-hydrogen) atoms. The molecule has 0 spiro atoms. The molecule has 2 N–H and O–H groups in total. The Morgan fingerprint density at radius 2 is 2.25 bits per heavy atom. The summed E-state index contributed by atoms with van der Waals surface area (Å²) >= 11 is 0. The van der Waals surface area contributed by atoms with Gasteiger partial charge in [0, 0.05) is 18.0 Å². The second kappa shape index (κ2) is 5.57. The molecule has 108 valence electrons. The standard InChI is InChI=1S/C17H23NO2/c1-2-11-5-8-14-13(11)7-6-12(10-19)16(14)17(20)15-4-3-9-18-15/h3-4,6-7,9,11-14,16,18-19H,2,5,8,10H2,1H3/t11-,12-,13+,14+,16+/m0/s1. The molecule has 1 aromatic rings. The summed E-state index contributed by atoms with van der Waals surface area (Å²) in [5.41, 5.74) is 0.683. The number of aliphatic hydroxyl groups excluding tert-OH is 1. The summed E-state index contributed by atoms with van der Waals surface area (Å²) in [5.74, 6) is 1.71. The highest BCUT2D eigenvalue weighted by molar-refractivity contribution is 5.97. The van der Waals surface area contributed by atoms with E-state index in [1.807, 2.05) is 12.1 Å². The van der Waals surface area contributed by atoms with E-state index in [-0.39, 0.29) is 24.2 Å². The Morgan fingerprint density at radius 3 is 2.90 bits per heavy atom. The molecule has 0 amide bonds. The number of Topliss-reactive ketones (excluding diaryl/α,β-unsaturated/α-hetero) is 1. The van der Waals surface area contributed by atoms with Crippen molar-refractivity contribution in [1.29, 1.82) is 0 Å². The number of aromatic amines is 1. The van der Waals surface area contributed by atoms with Crippen LogP contribution in [-0.2, 0) is 0 Å². The van der Waals surface area contributed by atoms with Gasteiger partial charge in [0.05, 0.1) is 12.3 Å². The zero-order valence-corrected chi connectivity index (χ0v) is 12.0. The summed E-state index contributed by atoms with van der Waals surface area (Å²) < 4.78 is 0. The highest BCUT2D eigenvalue weighted by atomic mass is 16.3. The number of ketones is 1. The summed E-state index contributed by atoms with van der Waals surface area (Å²) in [7, 11) is 0. The first-order valence-electron chi connectivity index (χ1n) is 7.73. The van der Waals surface area contributed by atoms with Crippen LogP contribution in [-0.4, -0.2) is 22.5 Å². The fraction of sp³-hybridized carbons (Fsp3) is 0.588. The van der Waals surface area contributed by atoms with Crippen LogP contribution >= 0.6 is 0 Å². The van der Waals surface area contributed by atoms with Crippen molar-refractivity contribution in [3.05, 3.63) is 36.2 Å². The van der Waals surface area contributed by atoms with Crippen LogP contribution in [0.5, 0.6) is 0 Å². The third-order valence-corrected chi connectivity index (χ3v) is 5.31. The Bertz CT molecular complexity index is 491. The molecule has 0 unspecified atom stereocenters. The molecule has 1 heterocycles. The van der Waals surface area contributed by atoms with Gasteiger partial charge in [0.1, 0.15) is 0 Å². The van der Waals surface area contributed by atoms with E-state index in [0.29, 0.717) is 23.4 Å². The molecule has 0 bridgehead atoms. The Labute approximate surface area is 120 Å². The Kier molecular flexibility index (Phi) is 3.79. The molecule has 0 aliphatic heterocycles. The lowest BCUT2D eigenvalue weighted by Gasteiger charge is -2.36. The summed E-state index contributed by atoms with van der Waals surface area (Å²) in [6.07, 6.45) is 9.65. The minimum absolute atomic E-state index is 0.0253. The average molecular weight is 273 g/mol. The Morgan fingerprint density at radius 1 is 1.40 bits per heavy atom. The topological polar surface area (TPSA) is 53.1 Å². The molecule has 0 radical (unpaired) electrons. The fourth-order valence-electron chi connectivity index (χ4n) is 4.27. The van der Waals surface area contributed by atoms with Crippen molar-refractivity contribution < 1.29 is 9.90 Å². The van der Waals surface area contributed by atoms with Gasteiger partial charge in [-0.2, -0.15) is 0 Å². The molecule has 0 aromatic carbocycles. The van der Waals surface area contributed by atoms with E-state index in [0.717, 1.165) is 6.42 Å². The first-order valence-corrected chi connectivity index (χ1v) is 7.73. The highest BCUT2D eigenvalue weighted by Gasteiger charge is 2.46. The quantitative estimate of drug-likeness (QED) is 0.654. The third-order valence-electron chi connectivity index (χ3n) is 5.31. The van der Waals surface area contributed by atoms with E-state index in [1.165, 1.54) is 12.8 Å². The zero-order valence-electron chi connectivity index (χ0n) is 12.0. The molecular formula is C17H23NO2. The highest BCUT2D eigenvalue weighted by Crippen LogP contribution is 2.49. The molecule has 1 fully saturated rings. The van der Waals surface area contributed by atoms with Crippen molar-refractivity contribution in [2.75, 3.05) is 6.61 Å². The first kappa shape index (κ1) is 13.6. The van der Waals surface area contributed by atoms with Gasteiger partial charge in [-0.3, -0.25) is 4.79 Å². The van der Waals surface area contributed by atoms with Crippen LogP contribution in [0.15, 0.2) is 30.5 Å². The summed E-state index contributed by atoms with van der Waals surface area (Å²) in [6, 6.07) is 3.71. The van der Waals surface area contributed by atoms with Crippen LogP contribution < -0.4 is 0 Å². The predicted molar refractivity (Wildman–Crippen MR) is 78.3 cm³/mol. The maximum Gasteiger partial charge on any atom is 0.183 e. The number of aromatic nitrogens is 1. The monoisotopic (exact) mass is 273 g/mol. The number of rotatable bonds is 4. The molecule has 1 aromatic heterocycles. The molecule has 3 heteroatoms. The zero-order chi connectivity index (χ0) is 14.1. The molecule has 1 saturated carbocycles. The second-order valence-corrected chi connectivity index (χ2v) is 6.19. The number of carbonyl (C=O) groups is 1. The smallest absolute Gasteiger partial charge is 0.183 e. The number of hydrogen-bond acceptors (Lipinski definition) is 2. The van der Waals surface area contributed by atoms with Crippen LogP contribution in [0.3, 0.4) is 0 Å². The van der Waals surface area contributed by atoms with Crippen LogP contribution in [0.2, 0.25) is 0 Å². The lowest BCUT2D eigenvalue weighted by Crippen LogP contribution is -2.37. The maximum atomic E-state index is 12.8. The maximum absolute atomic E-state index is 12.8. The number of fused-ring (bicyclic) bond motifs is 1. The van der Waals surface area contributed by atoms with Crippen molar-refractivity contribution >= 4 is 5.78 Å². The van der Waals surface area contributed by atoms with Crippen molar-refractivity contribution in [3.63, 3.8) is 0 Å². The van der Waals surface area contributed by atoms with Crippen LogP contribution in [0, 0.1) is 29.6 Å². The minimum atomic E-state index is -0.0646. The number of allylic oxidation sites excluding steroid dienone is 1. The van der Waals surface area contributed by atoms with E-state index in [4.69, 9.17) is 0 Å². The molecular weight excluding hydrogens is 250 g/mol. The Balaban J connectivity index is 1.91. The van der Waals surface area contributed by atoms with Gasteiger partial charge in [0.2, 0.25) is 0 Å². The number of hydrogen-bond donors (Lipinski definition) is 2. The van der Waals surface area contributed by atoms with Crippen LogP contribution in [0.1, 0.15) is 36.7 Å². The van der Waals surface area contributed by atoms with Gasteiger partial charge in [-0.25, -0.2) is 0 Å². The van der Waals surface area contributed by atoms with Gasteiger partial charge in [0.15, 0.2) is 5.78 Å². The fourth-order valence-corrected chi connectivity index (χ4v) is 4.27. The van der Waals surface area contributed by atoms with E-state index >= 15 is 0 Å². The van der Waals surface area contributed by atoms with Gasteiger partial charge in [-0.1, -0.05) is 25.5 Å². The SMILES string of the molecule is CC[C@H]1CC[C@@H]2[C@@H]1C=C[C@@H](CO)[C@H]2C(=O)c1ccc[nH]1. The van der Waals surface area contributed by atoms with Gasteiger partial charge >= 0.3 is 0 Å². The first-order chi connectivity index (χ1) is 9.76. The van der Waals surface area contributed by atoms with Crippen LogP contribution in [0.4, 0.5) is 0 Å². The summed E-state index contributed by atoms with van der Waals surface area (Å²) in [5, 5.41) is 9.64. The molecule has 0 saturated heterocycles. The van der Waals surface area contributed by atoms with Gasteiger partial charge in [-0.15, -0.1) is 0 Å². The van der Waals surface area contributed by atoms with E-state index in [9.17, 15) is 9.90 Å². The van der Waals surface area contributed by atoms with Crippen molar-refractivity contribution in [2.45, 2.75) is 26.2 Å². The molecule has 3 rings (SSSR count). The molecule has 2 aliphatic rings. The summed E-state index contributed by atoms with van der Waals surface area (Å²) in [6.45, 7) is 2.30. The van der Waals surface area contributed by atoms with E-state index in [2.05, 4.69) is 24.1 Å². The number of nitrogens with one attached hydrogen (secondary N) is 1. The third kappa shape index (κ3) is 2.14. The second-order valence-electron chi connectivity index (χ2n) is 6.19. The Hall–Kier alpha value is -1.35. The van der Waals surface area contributed by atoms with Gasteiger partial charge < -0.3 is 10.1 Å². The largest absolute Gasteiger partial charge is 0.396 e. The molecule has 3 nitrogen and oxygen atoms in total. The lowest BCUT2D eigenvalue weighted by molar-refractivity contribution is 0.0708. The molecule has 2 aliphatic carbocycles. The number of H-pyrrole nitrogens is 1. The van der Waals surface area contributed by atoms with Crippen molar-refractivity contribution in [3.8, 4) is 0 Å². The van der Waals surface area contributed by atoms with Gasteiger partial charge in [0.25, 0.3) is 0 Å². The average Bonchev–Trinajstić information content (AvgIpc) is 3.14. The molecule has 5 atom stereocenters. The minimum Gasteiger partial charge on any atom is -0.396 e. The number of carbonyl (C=O) groups excluding carboxylic acids is 1. The summed E-state index contributed by atoms with van der Waals surface area (Å²) in [4.78, 5) is 15.8. The lowest BCUT2D eigenvalue weighted by atomic mass is 9.68. The normalized spacial score (nSPS) is 36.0. The predicted octanol–water partition coefficient (Wildman–Crippen LogP) is 3.04. The van der Waals surface area contributed by atoms with Gasteiger partial charge in [-0.05, 0) is 42.7 Å². The van der Waals surface area contributed by atoms with Crippen molar-refractivity contribution in [2.24, 2.45) is 29.6 Å². The van der Waals surface area contributed by atoms with E-state index < -0.39 is 0 Å². The van der Waals surface area contributed by atoms with E-state index in [1.54, 1.807) is 6.20 Å². The van der Waals surface area contributed by atoms with Crippen LogP contribution in [0.25, 0.3) is 0 Å².